The molecule has 2 saturated heterocycles. The van der Waals surface area contributed by atoms with Gasteiger partial charge in [0.15, 0.2) is 5.16 Å². The minimum absolute atomic E-state index is 0.0239. The standard InChI is InChI=1S/C22H30N6O4S/c1-3-32-22(30)27-10-8-25(9-11-27)19(29)16-33-21-24-23-20(26-12-14-31-15-13-26)28(21)18-7-5-4-6-17(18)2/h4-7H,3,8-16H2,1-2H3. The number of anilines is 1. The van der Waals surface area contributed by atoms with Crippen molar-refractivity contribution in [3.8, 4) is 5.69 Å². The van der Waals surface area contributed by atoms with Crippen molar-refractivity contribution in [3.05, 3.63) is 29.8 Å². The maximum atomic E-state index is 12.9. The van der Waals surface area contributed by atoms with Crippen LogP contribution >= 0.6 is 11.8 Å². The van der Waals surface area contributed by atoms with Gasteiger partial charge >= 0.3 is 6.09 Å². The summed E-state index contributed by atoms with van der Waals surface area (Å²) in [5.41, 5.74) is 2.11. The Morgan fingerprint density at radius 2 is 1.73 bits per heavy atom. The van der Waals surface area contributed by atoms with Gasteiger partial charge in [0.05, 0.1) is 31.3 Å². The molecule has 0 saturated carbocycles. The molecule has 2 aliphatic heterocycles. The van der Waals surface area contributed by atoms with E-state index in [4.69, 9.17) is 9.47 Å². The van der Waals surface area contributed by atoms with E-state index in [0.29, 0.717) is 51.2 Å². The smallest absolute Gasteiger partial charge is 0.409 e. The van der Waals surface area contributed by atoms with Gasteiger partial charge in [0.2, 0.25) is 11.9 Å². The van der Waals surface area contributed by atoms with Crippen molar-refractivity contribution in [2.24, 2.45) is 0 Å². The Morgan fingerprint density at radius 1 is 1.03 bits per heavy atom. The number of ether oxygens (including phenoxy) is 2. The number of nitrogens with zero attached hydrogens (tertiary/aromatic N) is 6. The number of morpholine rings is 1. The van der Waals surface area contributed by atoms with Gasteiger partial charge in [-0.1, -0.05) is 30.0 Å². The van der Waals surface area contributed by atoms with Crippen LogP contribution in [0.3, 0.4) is 0 Å². The third kappa shape index (κ3) is 5.41. The lowest BCUT2D eigenvalue weighted by atomic mass is 10.2. The fourth-order valence-corrected chi connectivity index (χ4v) is 4.76. The van der Waals surface area contributed by atoms with Crippen LogP contribution in [0.25, 0.3) is 5.69 Å². The molecule has 178 valence electrons. The lowest BCUT2D eigenvalue weighted by Gasteiger charge is -2.34. The summed E-state index contributed by atoms with van der Waals surface area (Å²) >= 11 is 1.39. The average molecular weight is 475 g/mol. The van der Waals surface area contributed by atoms with Gasteiger partial charge in [-0.05, 0) is 25.5 Å². The number of carbonyl (C=O) groups excluding carboxylic acids is 2. The molecule has 3 heterocycles. The summed E-state index contributed by atoms with van der Waals surface area (Å²) in [6.07, 6.45) is -0.319. The molecule has 10 nitrogen and oxygen atoms in total. The lowest BCUT2D eigenvalue weighted by Crippen LogP contribution is -2.51. The number of thioether (sulfide) groups is 1. The number of piperazine rings is 1. The zero-order chi connectivity index (χ0) is 23.2. The summed E-state index contributed by atoms with van der Waals surface area (Å²) in [5.74, 6) is 1.05. The molecule has 0 atom stereocenters. The molecule has 2 amide bonds. The molecule has 0 aliphatic carbocycles. The molecule has 0 bridgehead atoms. The fraction of sp³-hybridized carbons (Fsp3) is 0.545. The molecule has 2 aromatic rings. The number of para-hydroxylation sites is 1. The summed E-state index contributed by atoms with van der Waals surface area (Å²) in [6.45, 7) is 8.96. The van der Waals surface area contributed by atoms with Gasteiger partial charge in [0.1, 0.15) is 0 Å². The van der Waals surface area contributed by atoms with E-state index in [1.807, 2.05) is 22.8 Å². The van der Waals surface area contributed by atoms with E-state index in [1.165, 1.54) is 11.8 Å². The normalized spacial score (nSPS) is 16.7. The summed E-state index contributed by atoms with van der Waals surface area (Å²) < 4.78 is 12.6. The monoisotopic (exact) mass is 474 g/mol. The Kier molecular flexibility index (Phi) is 7.71. The van der Waals surface area contributed by atoms with Crippen LogP contribution in [0.15, 0.2) is 29.4 Å². The van der Waals surface area contributed by atoms with E-state index < -0.39 is 0 Å². The molecule has 2 aliphatic rings. The predicted octanol–water partition coefficient (Wildman–Crippen LogP) is 1.81. The number of hydrogen-bond acceptors (Lipinski definition) is 8. The summed E-state index contributed by atoms with van der Waals surface area (Å²) in [7, 11) is 0. The molecule has 1 aromatic heterocycles. The lowest BCUT2D eigenvalue weighted by molar-refractivity contribution is -0.129. The summed E-state index contributed by atoms with van der Waals surface area (Å²) in [6, 6.07) is 8.10. The largest absolute Gasteiger partial charge is 0.450 e. The topological polar surface area (TPSA) is 93.0 Å². The van der Waals surface area contributed by atoms with E-state index in [1.54, 1.807) is 16.7 Å². The van der Waals surface area contributed by atoms with Crippen LogP contribution in [-0.2, 0) is 14.3 Å². The first-order valence-corrected chi connectivity index (χ1v) is 12.2. The van der Waals surface area contributed by atoms with Gasteiger partial charge in [0.25, 0.3) is 0 Å². The Labute approximate surface area is 197 Å². The molecule has 0 spiro atoms. The Balaban J connectivity index is 1.45. The predicted molar refractivity (Wildman–Crippen MR) is 125 cm³/mol. The molecule has 11 heteroatoms. The molecule has 2 fully saturated rings. The first-order valence-electron chi connectivity index (χ1n) is 11.2. The van der Waals surface area contributed by atoms with Crippen LogP contribution in [0.5, 0.6) is 0 Å². The SMILES string of the molecule is CCOC(=O)N1CCN(C(=O)CSc2nnc(N3CCOCC3)n2-c2ccccc2C)CC1. The van der Waals surface area contributed by atoms with Crippen molar-refractivity contribution in [1.82, 2.24) is 24.6 Å². The Bertz CT molecular complexity index is 970. The second kappa shape index (κ2) is 10.9. The van der Waals surface area contributed by atoms with E-state index in [9.17, 15) is 9.59 Å². The van der Waals surface area contributed by atoms with Crippen LogP contribution < -0.4 is 4.90 Å². The number of rotatable bonds is 6. The van der Waals surface area contributed by atoms with Gasteiger partial charge < -0.3 is 24.2 Å². The summed E-state index contributed by atoms with van der Waals surface area (Å²) in [5, 5.41) is 9.59. The molecule has 0 radical (unpaired) electrons. The van der Waals surface area contributed by atoms with Crippen molar-refractivity contribution in [3.63, 3.8) is 0 Å². The van der Waals surface area contributed by atoms with E-state index in [-0.39, 0.29) is 17.8 Å². The second-order valence-electron chi connectivity index (χ2n) is 7.86. The fourth-order valence-electron chi connectivity index (χ4n) is 3.92. The molecule has 4 rings (SSSR count). The van der Waals surface area contributed by atoms with E-state index in [2.05, 4.69) is 28.1 Å². The first-order chi connectivity index (χ1) is 16.1. The van der Waals surface area contributed by atoms with Crippen molar-refractivity contribution in [2.75, 3.05) is 69.7 Å². The number of amides is 2. The quantitative estimate of drug-likeness (QED) is 0.586. The highest BCUT2D eigenvalue weighted by atomic mass is 32.2. The third-order valence-corrected chi connectivity index (χ3v) is 6.66. The van der Waals surface area contributed by atoms with Gasteiger partial charge in [0, 0.05) is 39.3 Å². The highest BCUT2D eigenvalue weighted by Gasteiger charge is 2.27. The van der Waals surface area contributed by atoms with Crippen LogP contribution in [0, 0.1) is 6.92 Å². The van der Waals surface area contributed by atoms with Crippen LogP contribution in [0.1, 0.15) is 12.5 Å². The minimum atomic E-state index is -0.319. The van der Waals surface area contributed by atoms with Crippen LogP contribution in [-0.4, -0.2) is 101 Å². The van der Waals surface area contributed by atoms with Gasteiger partial charge in [-0.25, -0.2) is 4.79 Å². The first kappa shape index (κ1) is 23.4. The maximum absolute atomic E-state index is 12.9. The molecular weight excluding hydrogens is 444 g/mol. The summed E-state index contributed by atoms with van der Waals surface area (Å²) in [4.78, 5) is 30.4. The molecule has 1 aromatic carbocycles. The second-order valence-corrected chi connectivity index (χ2v) is 8.80. The van der Waals surface area contributed by atoms with Crippen LogP contribution in [0.2, 0.25) is 0 Å². The average Bonchev–Trinajstić information content (AvgIpc) is 3.27. The Hall–Kier alpha value is -2.79. The van der Waals surface area contributed by atoms with Crippen molar-refractivity contribution in [2.45, 2.75) is 19.0 Å². The number of aryl methyl sites for hydroxylation is 1. The van der Waals surface area contributed by atoms with Gasteiger partial charge in [-0.15, -0.1) is 10.2 Å². The maximum Gasteiger partial charge on any atom is 0.409 e. The highest BCUT2D eigenvalue weighted by molar-refractivity contribution is 7.99. The molecule has 33 heavy (non-hydrogen) atoms. The van der Waals surface area contributed by atoms with Crippen molar-refractivity contribution in [1.29, 1.82) is 0 Å². The Morgan fingerprint density at radius 3 is 2.42 bits per heavy atom. The third-order valence-electron chi connectivity index (χ3n) is 5.75. The molecular formula is C22H30N6O4S. The van der Waals surface area contributed by atoms with Crippen molar-refractivity contribution < 1.29 is 19.1 Å². The van der Waals surface area contributed by atoms with Gasteiger partial charge in [-0.3, -0.25) is 9.36 Å². The van der Waals surface area contributed by atoms with E-state index in [0.717, 1.165) is 30.3 Å². The molecule has 0 N–H and O–H groups in total. The molecule has 0 unspecified atom stereocenters. The van der Waals surface area contributed by atoms with E-state index >= 15 is 0 Å². The number of aromatic nitrogens is 3. The van der Waals surface area contributed by atoms with Gasteiger partial charge in [-0.2, -0.15) is 0 Å². The number of carbonyl (C=O) groups is 2. The number of benzene rings is 1. The number of hydrogen-bond donors (Lipinski definition) is 0. The van der Waals surface area contributed by atoms with Crippen molar-refractivity contribution >= 4 is 29.7 Å². The highest BCUT2D eigenvalue weighted by Crippen LogP contribution is 2.29. The zero-order valence-electron chi connectivity index (χ0n) is 19.1. The minimum Gasteiger partial charge on any atom is -0.450 e. The zero-order valence-corrected chi connectivity index (χ0v) is 19.9. The van der Waals surface area contributed by atoms with Crippen LogP contribution in [0.4, 0.5) is 10.7 Å².